The molecule has 1 saturated heterocycles. The Balaban J connectivity index is 2.30. The first-order chi connectivity index (χ1) is 5.94. The van der Waals surface area contributed by atoms with Crippen molar-refractivity contribution in [3.05, 3.63) is 0 Å². The first-order valence-corrected chi connectivity index (χ1v) is 6.25. The van der Waals surface area contributed by atoms with E-state index in [1.807, 2.05) is 0 Å². The summed E-state index contributed by atoms with van der Waals surface area (Å²) in [5, 5.41) is 0. The van der Waals surface area contributed by atoms with Crippen LogP contribution in [0.15, 0.2) is 0 Å². The van der Waals surface area contributed by atoms with Crippen molar-refractivity contribution in [1.82, 2.24) is 9.62 Å². The number of nitrogens with zero attached hydrogens (tertiary/aromatic N) is 1. The third kappa shape index (κ3) is 2.93. The molecule has 0 aromatic carbocycles. The first-order valence-electron chi connectivity index (χ1n) is 4.60. The molecule has 0 aromatic rings. The Hall–Kier alpha value is -0.130. The lowest BCUT2D eigenvalue weighted by Gasteiger charge is -2.41. The smallest absolute Gasteiger partial charge is 0.211 e. The Bertz CT molecular complexity index is 255. The molecule has 0 bridgehead atoms. The van der Waals surface area contributed by atoms with Crippen LogP contribution in [-0.2, 0) is 10.0 Å². The second-order valence-corrected chi connectivity index (χ2v) is 5.87. The van der Waals surface area contributed by atoms with Crippen molar-refractivity contribution in [3.8, 4) is 0 Å². The molecule has 1 rings (SSSR count). The number of likely N-dealkylation sites (tertiary alicyclic amines) is 1. The summed E-state index contributed by atoms with van der Waals surface area (Å²) in [4.78, 5) is 2.27. The Morgan fingerprint density at radius 3 is 2.38 bits per heavy atom. The Morgan fingerprint density at radius 2 is 2.00 bits per heavy atom. The van der Waals surface area contributed by atoms with Crippen LogP contribution < -0.4 is 4.72 Å². The molecule has 4 nitrogen and oxygen atoms in total. The molecule has 0 radical (unpaired) electrons. The molecule has 13 heavy (non-hydrogen) atoms. The predicted octanol–water partition coefficient (Wildman–Crippen LogP) is -0.124. The number of hydrogen-bond acceptors (Lipinski definition) is 3. The molecule has 0 aliphatic carbocycles. The van der Waals surface area contributed by atoms with Crippen molar-refractivity contribution in [2.45, 2.75) is 19.9 Å². The van der Waals surface area contributed by atoms with Crippen molar-refractivity contribution in [3.63, 3.8) is 0 Å². The highest BCUT2D eigenvalue weighted by molar-refractivity contribution is 7.89. The highest BCUT2D eigenvalue weighted by Crippen LogP contribution is 2.19. The van der Waals surface area contributed by atoms with Crippen LogP contribution in [-0.4, -0.2) is 45.2 Å². The van der Waals surface area contributed by atoms with E-state index in [4.69, 9.17) is 0 Å². The van der Waals surface area contributed by atoms with Gasteiger partial charge in [-0.2, -0.15) is 0 Å². The molecule has 0 aromatic heterocycles. The van der Waals surface area contributed by atoms with Gasteiger partial charge in [0.1, 0.15) is 0 Å². The van der Waals surface area contributed by atoms with E-state index in [1.54, 1.807) is 0 Å². The molecular formula is C8H18N2O2S. The highest BCUT2D eigenvalue weighted by Gasteiger charge is 2.31. The van der Waals surface area contributed by atoms with E-state index in [1.165, 1.54) is 7.05 Å². The van der Waals surface area contributed by atoms with Gasteiger partial charge in [-0.1, -0.05) is 0 Å². The average Bonchev–Trinajstić information content (AvgIpc) is 1.95. The van der Waals surface area contributed by atoms with Gasteiger partial charge in [0, 0.05) is 19.1 Å². The van der Waals surface area contributed by atoms with Crippen LogP contribution in [0.2, 0.25) is 0 Å². The molecular weight excluding hydrogens is 188 g/mol. The van der Waals surface area contributed by atoms with Gasteiger partial charge in [-0.3, -0.25) is 0 Å². The maximum absolute atomic E-state index is 11.1. The first kappa shape index (κ1) is 10.9. The number of nitrogens with one attached hydrogen (secondary N) is 1. The van der Waals surface area contributed by atoms with E-state index in [-0.39, 0.29) is 5.75 Å². The zero-order chi connectivity index (χ0) is 10.1. The average molecular weight is 206 g/mol. The van der Waals surface area contributed by atoms with Crippen LogP contribution in [0.1, 0.15) is 13.8 Å². The molecule has 1 aliphatic heterocycles. The topological polar surface area (TPSA) is 49.4 Å². The predicted molar refractivity (Wildman–Crippen MR) is 53.0 cm³/mol. The van der Waals surface area contributed by atoms with Crippen molar-refractivity contribution in [2.24, 2.45) is 5.92 Å². The van der Waals surface area contributed by atoms with Gasteiger partial charge in [0.25, 0.3) is 0 Å². The van der Waals surface area contributed by atoms with E-state index in [0.29, 0.717) is 12.0 Å². The Labute approximate surface area is 80.4 Å². The van der Waals surface area contributed by atoms with E-state index in [2.05, 4.69) is 23.5 Å². The van der Waals surface area contributed by atoms with Gasteiger partial charge in [0.2, 0.25) is 10.0 Å². The lowest BCUT2D eigenvalue weighted by atomic mass is 10.0. The van der Waals surface area contributed by atoms with Gasteiger partial charge in [-0.05, 0) is 26.8 Å². The van der Waals surface area contributed by atoms with E-state index < -0.39 is 10.0 Å². The summed E-state index contributed by atoms with van der Waals surface area (Å²) in [6, 6.07) is 0.536. The van der Waals surface area contributed by atoms with Crippen LogP contribution in [0.5, 0.6) is 0 Å². The van der Waals surface area contributed by atoms with Gasteiger partial charge in [0.15, 0.2) is 0 Å². The molecule has 5 heteroatoms. The fourth-order valence-electron chi connectivity index (χ4n) is 1.53. The summed E-state index contributed by atoms with van der Waals surface area (Å²) in [7, 11) is -1.54. The Morgan fingerprint density at radius 1 is 1.46 bits per heavy atom. The van der Waals surface area contributed by atoms with Crippen molar-refractivity contribution in [2.75, 3.05) is 25.9 Å². The highest BCUT2D eigenvalue weighted by atomic mass is 32.2. The van der Waals surface area contributed by atoms with Gasteiger partial charge in [-0.15, -0.1) is 0 Å². The number of hydrogen-bond donors (Lipinski definition) is 1. The number of rotatable bonds is 4. The van der Waals surface area contributed by atoms with Crippen molar-refractivity contribution in [1.29, 1.82) is 0 Å². The third-order valence-corrected chi connectivity index (χ3v) is 4.01. The Kier molecular flexibility index (Phi) is 3.32. The SMILES string of the molecule is CNS(=O)(=O)CC1CN(C(C)C)C1. The van der Waals surface area contributed by atoms with E-state index in [0.717, 1.165) is 13.1 Å². The fraction of sp³-hybridized carbons (Fsp3) is 1.00. The van der Waals surface area contributed by atoms with E-state index in [9.17, 15) is 8.42 Å². The van der Waals surface area contributed by atoms with Crippen LogP contribution in [0, 0.1) is 5.92 Å². The van der Waals surface area contributed by atoms with Gasteiger partial charge in [-0.25, -0.2) is 13.1 Å². The minimum absolute atomic E-state index is 0.271. The van der Waals surface area contributed by atoms with Gasteiger partial charge in [0.05, 0.1) is 5.75 Å². The molecule has 0 unspecified atom stereocenters. The summed E-state index contributed by atoms with van der Waals surface area (Å²) in [5.41, 5.74) is 0. The standard InChI is InChI=1S/C8H18N2O2S/c1-7(2)10-4-8(5-10)6-13(11,12)9-3/h7-9H,4-6H2,1-3H3. The van der Waals surface area contributed by atoms with Crippen LogP contribution >= 0.6 is 0 Å². The molecule has 1 fully saturated rings. The van der Waals surface area contributed by atoms with Gasteiger partial charge < -0.3 is 4.90 Å². The van der Waals surface area contributed by atoms with Crippen LogP contribution in [0.3, 0.4) is 0 Å². The van der Waals surface area contributed by atoms with Gasteiger partial charge >= 0.3 is 0 Å². The zero-order valence-electron chi connectivity index (χ0n) is 8.45. The monoisotopic (exact) mass is 206 g/mol. The minimum Gasteiger partial charge on any atom is -0.300 e. The fourth-order valence-corrected chi connectivity index (χ4v) is 2.53. The molecule has 0 atom stereocenters. The zero-order valence-corrected chi connectivity index (χ0v) is 9.26. The molecule has 78 valence electrons. The number of sulfonamides is 1. The maximum atomic E-state index is 11.1. The summed E-state index contributed by atoms with van der Waals surface area (Å²) in [6.07, 6.45) is 0. The van der Waals surface area contributed by atoms with Crippen LogP contribution in [0.4, 0.5) is 0 Å². The largest absolute Gasteiger partial charge is 0.300 e. The molecule has 1 heterocycles. The maximum Gasteiger partial charge on any atom is 0.211 e. The quantitative estimate of drug-likeness (QED) is 0.697. The van der Waals surface area contributed by atoms with Crippen molar-refractivity contribution < 1.29 is 8.42 Å². The summed E-state index contributed by atoms with van der Waals surface area (Å²) >= 11 is 0. The molecule has 0 spiro atoms. The minimum atomic E-state index is -3.01. The lowest BCUT2D eigenvalue weighted by Crippen LogP contribution is -2.53. The normalized spacial score (nSPS) is 20.6. The summed E-state index contributed by atoms with van der Waals surface area (Å²) < 4.78 is 24.6. The molecule has 0 amide bonds. The summed E-state index contributed by atoms with van der Waals surface area (Å²) in [5.74, 6) is 0.590. The second-order valence-electron chi connectivity index (χ2n) is 3.90. The lowest BCUT2D eigenvalue weighted by molar-refractivity contribution is 0.0802. The second kappa shape index (κ2) is 3.94. The van der Waals surface area contributed by atoms with E-state index >= 15 is 0 Å². The third-order valence-electron chi connectivity index (χ3n) is 2.48. The molecule has 1 N–H and O–H groups in total. The molecule has 1 aliphatic rings. The van der Waals surface area contributed by atoms with Crippen LogP contribution in [0.25, 0.3) is 0 Å². The molecule has 0 saturated carbocycles. The summed E-state index contributed by atoms with van der Waals surface area (Å²) in [6.45, 7) is 6.09. The van der Waals surface area contributed by atoms with Crippen molar-refractivity contribution >= 4 is 10.0 Å².